The van der Waals surface area contributed by atoms with Gasteiger partial charge in [0.2, 0.25) is 15.9 Å². The van der Waals surface area contributed by atoms with Gasteiger partial charge >= 0.3 is 0 Å². The normalized spacial score (nSPS) is 16.1. The highest BCUT2D eigenvalue weighted by atomic mass is 32.2. The average Bonchev–Trinajstić information content (AvgIpc) is 2.70. The first kappa shape index (κ1) is 21.5. The number of carbonyl (C=O) groups excluding carboxylic acids is 1. The fourth-order valence-electron chi connectivity index (χ4n) is 3.87. The molecule has 1 amide bonds. The molecule has 0 aromatic heterocycles. The number of benzene rings is 2. The Morgan fingerprint density at radius 3 is 1.97 bits per heavy atom. The molecular formula is C22H29N3O3S. The van der Waals surface area contributed by atoms with Gasteiger partial charge in [0.15, 0.2) is 0 Å². The lowest BCUT2D eigenvalue weighted by atomic mass is 9.97. The van der Waals surface area contributed by atoms with Crippen molar-refractivity contribution in [1.82, 2.24) is 14.5 Å². The minimum atomic E-state index is -3.19. The summed E-state index contributed by atoms with van der Waals surface area (Å²) < 4.78 is 25.5. The van der Waals surface area contributed by atoms with Crippen LogP contribution in [0.25, 0.3) is 0 Å². The van der Waals surface area contributed by atoms with Crippen molar-refractivity contribution >= 4 is 15.9 Å². The number of amides is 1. The number of likely N-dealkylation sites (tertiary alicyclic amines) is 1. The fraction of sp³-hybridized carbons (Fsp3) is 0.409. The number of nitrogens with one attached hydrogen (secondary N) is 1. The van der Waals surface area contributed by atoms with Crippen LogP contribution >= 0.6 is 0 Å². The second kappa shape index (κ2) is 9.52. The van der Waals surface area contributed by atoms with E-state index in [1.54, 1.807) is 0 Å². The second-order valence-corrected chi connectivity index (χ2v) is 9.45. The standard InChI is InChI=1S/C22H29N3O3S/c1-24(21(26)17-25-15-13-20(14-16-25)23-29(2,27)28)22(18-9-5-3-6-10-18)19-11-7-4-8-12-19/h3-12,20,22-23H,13-17H2,1-2H3. The van der Waals surface area contributed by atoms with Gasteiger partial charge in [-0.3, -0.25) is 9.69 Å². The molecule has 0 saturated carbocycles. The Kier molecular flexibility index (Phi) is 7.05. The van der Waals surface area contributed by atoms with Crippen LogP contribution in [0.15, 0.2) is 60.7 Å². The van der Waals surface area contributed by atoms with Crippen molar-refractivity contribution in [2.45, 2.75) is 24.9 Å². The topological polar surface area (TPSA) is 69.7 Å². The van der Waals surface area contributed by atoms with E-state index in [1.807, 2.05) is 72.6 Å². The van der Waals surface area contributed by atoms with E-state index in [0.717, 1.165) is 11.1 Å². The lowest BCUT2D eigenvalue weighted by Gasteiger charge is -2.34. The molecule has 0 radical (unpaired) electrons. The molecule has 1 N–H and O–H groups in total. The molecule has 0 unspecified atom stereocenters. The van der Waals surface area contributed by atoms with Gasteiger partial charge in [-0.1, -0.05) is 60.7 Å². The number of carbonyl (C=O) groups is 1. The second-order valence-electron chi connectivity index (χ2n) is 7.67. The maximum atomic E-state index is 13.1. The fourth-order valence-corrected chi connectivity index (χ4v) is 4.71. The number of likely N-dealkylation sites (N-methyl/N-ethyl adjacent to an activating group) is 1. The number of piperidine rings is 1. The van der Waals surface area contributed by atoms with E-state index in [4.69, 9.17) is 0 Å². The van der Waals surface area contributed by atoms with E-state index in [9.17, 15) is 13.2 Å². The van der Waals surface area contributed by atoms with E-state index in [1.165, 1.54) is 6.26 Å². The highest BCUT2D eigenvalue weighted by Gasteiger charge is 2.27. The summed E-state index contributed by atoms with van der Waals surface area (Å²) in [5, 5.41) is 0. The first-order chi connectivity index (χ1) is 13.8. The van der Waals surface area contributed by atoms with Crippen molar-refractivity contribution in [2.75, 3.05) is 32.9 Å². The van der Waals surface area contributed by atoms with Gasteiger partial charge in [-0.2, -0.15) is 0 Å². The lowest BCUT2D eigenvalue weighted by Crippen LogP contribution is -2.47. The largest absolute Gasteiger partial charge is 0.334 e. The highest BCUT2D eigenvalue weighted by Crippen LogP contribution is 2.27. The maximum Gasteiger partial charge on any atom is 0.237 e. The van der Waals surface area contributed by atoms with Crippen LogP contribution in [0.3, 0.4) is 0 Å². The quantitative estimate of drug-likeness (QED) is 0.753. The van der Waals surface area contributed by atoms with Crippen LogP contribution in [-0.4, -0.2) is 63.1 Å². The summed E-state index contributed by atoms with van der Waals surface area (Å²) >= 11 is 0. The van der Waals surface area contributed by atoms with Gasteiger partial charge in [0.05, 0.1) is 18.8 Å². The smallest absolute Gasteiger partial charge is 0.237 e. The van der Waals surface area contributed by atoms with E-state index < -0.39 is 10.0 Å². The van der Waals surface area contributed by atoms with Gasteiger partial charge in [0.25, 0.3) is 0 Å². The van der Waals surface area contributed by atoms with Crippen LogP contribution in [0.2, 0.25) is 0 Å². The monoisotopic (exact) mass is 415 g/mol. The van der Waals surface area contributed by atoms with Crippen molar-refractivity contribution < 1.29 is 13.2 Å². The molecule has 7 heteroatoms. The van der Waals surface area contributed by atoms with Crippen LogP contribution in [0, 0.1) is 0 Å². The van der Waals surface area contributed by atoms with E-state index in [-0.39, 0.29) is 18.0 Å². The third-order valence-corrected chi connectivity index (χ3v) is 6.10. The molecule has 0 bridgehead atoms. The van der Waals surface area contributed by atoms with Crippen LogP contribution in [0.5, 0.6) is 0 Å². The summed E-state index contributed by atoms with van der Waals surface area (Å²) in [6.07, 6.45) is 2.61. The minimum absolute atomic E-state index is 0.0459. The first-order valence-electron chi connectivity index (χ1n) is 9.88. The molecule has 2 aromatic rings. The molecule has 1 aliphatic rings. The van der Waals surface area contributed by atoms with Gasteiger partial charge in [-0.05, 0) is 24.0 Å². The zero-order chi connectivity index (χ0) is 20.9. The van der Waals surface area contributed by atoms with Crippen LogP contribution in [-0.2, 0) is 14.8 Å². The molecule has 1 heterocycles. The molecule has 1 fully saturated rings. The van der Waals surface area contributed by atoms with Gasteiger partial charge in [-0.25, -0.2) is 13.1 Å². The number of hydrogen-bond acceptors (Lipinski definition) is 4. The predicted molar refractivity (Wildman–Crippen MR) is 115 cm³/mol. The highest BCUT2D eigenvalue weighted by molar-refractivity contribution is 7.88. The molecule has 2 aromatic carbocycles. The zero-order valence-electron chi connectivity index (χ0n) is 17.0. The Labute approximate surface area is 173 Å². The molecular weight excluding hydrogens is 386 g/mol. The van der Waals surface area contributed by atoms with Crippen LogP contribution in [0.4, 0.5) is 0 Å². The van der Waals surface area contributed by atoms with Gasteiger partial charge < -0.3 is 4.90 Å². The van der Waals surface area contributed by atoms with E-state index in [2.05, 4.69) is 9.62 Å². The molecule has 3 rings (SSSR count). The number of sulfonamides is 1. The molecule has 29 heavy (non-hydrogen) atoms. The van der Waals surface area contributed by atoms with Crippen molar-refractivity contribution in [3.05, 3.63) is 71.8 Å². The van der Waals surface area contributed by atoms with Gasteiger partial charge in [-0.15, -0.1) is 0 Å². The van der Waals surface area contributed by atoms with Crippen molar-refractivity contribution in [3.63, 3.8) is 0 Å². The summed E-state index contributed by atoms with van der Waals surface area (Å²) in [5.74, 6) is 0.0530. The third kappa shape index (κ3) is 6.13. The Bertz CT molecular complexity index is 856. The summed E-state index contributed by atoms with van der Waals surface area (Å²) in [7, 11) is -1.34. The molecule has 0 spiro atoms. The van der Waals surface area contributed by atoms with E-state index >= 15 is 0 Å². The molecule has 0 atom stereocenters. The molecule has 0 aliphatic carbocycles. The Morgan fingerprint density at radius 2 is 1.52 bits per heavy atom. The van der Waals surface area contributed by atoms with E-state index in [0.29, 0.717) is 32.5 Å². The van der Waals surface area contributed by atoms with Crippen molar-refractivity contribution in [3.8, 4) is 0 Å². The molecule has 6 nitrogen and oxygen atoms in total. The van der Waals surface area contributed by atoms with Crippen molar-refractivity contribution in [1.29, 1.82) is 0 Å². The summed E-state index contributed by atoms with van der Waals surface area (Å²) in [6.45, 7) is 1.74. The number of nitrogens with zero attached hydrogens (tertiary/aromatic N) is 2. The average molecular weight is 416 g/mol. The predicted octanol–water partition coefficient (Wildman–Crippen LogP) is 2.25. The molecule has 1 aliphatic heterocycles. The van der Waals surface area contributed by atoms with Crippen molar-refractivity contribution in [2.24, 2.45) is 0 Å². The SMILES string of the molecule is CN(C(=O)CN1CCC(NS(C)(=O)=O)CC1)C(c1ccccc1)c1ccccc1. The number of hydrogen-bond donors (Lipinski definition) is 1. The third-order valence-electron chi connectivity index (χ3n) is 5.34. The number of rotatable bonds is 7. The van der Waals surface area contributed by atoms with Crippen LogP contribution < -0.4 is 4.72 Å². The summed E-state index contributed by atoms with van der Waals surface area (Å²) in [5.41, 5.74) is 2.15. The minimum Gasteiger partial charge on any atom is -0.334 e. The maximum absolute atomic E-state index is 13.1. The Morgan fingerprint density at radius 1 is 1.03 bits per heavy atom. The molecule has 156 valence electrons. The van der Waals surface area contributed by atoms with Gasteiger partial charge in [0.1, 0.15) is 0 Å². The van der Waals surface area contributed by atoms with Gasteiger partial charge in [0, 0.05) is 26.2 Å². The van der Waals surface area contributed by atoms with Crippen LogP contribution in [0.1, 0.15) is 30.0 Å². The zero-order valence-corrected chi connectivity index (χ0v) is 17.8. The summed E-state index contributed by atoms with van der Waals surface area (Å²) in [6, 6.07) is 19.9. The molecule has 1 saturated heterocycles. The lowest BCUT2D eigenvalue weighted by molar-refractivity contribution is -0.132. The Hall–Kier alpha value is -2.22. The first-order valence-corrected chi connectivity index (χ1v) is 11.8. The Balaban J connectivity index is 1.66. The summed E-state index contributed by atoms with van der Waals surface area (Å²) in [4.78, 5) is 17.0.